The van der Waals surface area contributed by atoms with Gasteiger partial charge in [0.05, 0.1) is 30.9 Å². The first-order valence-electron chi connectivity index (χ1n) is 10.0. The van der Waals surface area contributed by atoms with Crippen molar-refractivity contribution in [1.29, 1.82) is 0 Å². The summed E-state index contributed by atoms with van der Waals surface area (Å²) < 4.78 is 11.3. The number of ether oxygens (including phenoxy) is 2. The number of anilines is 1. The van der Waals surface area contributed by atoms with Crippen LogP contribution in [0.3, 0.4) is 0 Å². The summed E-state index contributed by atoms with van der Waals surface area (Å²) in [6.45, 7) is 2.14. The van der Waals surface area contributed by atoms with E-state index in [0.29, 0.717) is 43.3 Å². The van der Waals surface area contributed by atoms with Gasteiger partial charge in [-0.1, -0.05) is 12.1 Å². The first-order valence-corrected chi connectivity index (χ1v) is 10.0. The second-order valence-corrected chi connectivity index (χ2v) is 7.23. The lowest BCUT2D eigenvalue weighted by Crippen LogP contribution is -2.36. The number of rotatable bonds is 6. The summed E-state index contributed by atoms with van der Waals surface area (Å²) in [5.74, 6) is -0.962. The van der Waals surface area contributed by atoms with Crippen molar-refractivity contribution in [2.24, 2.45) is 0 Å². The first-order chi connectivity index (χ1) is 15.9. The molecule has 33 heavy (non-hydrogen) atoms. The van der Waals surface area contributed by atoms with E-state index in [1.807, 2.05) is 4.90 Å². The summed E-state index contributed by atoms with van der Waals surface area (Å²) in [6.07, 6.45) is 0. The molecule has 170 valence electrons. The fourth-order valence-corrected chi connectivity index (χ4v) is 3.59. The molecule has 1 saturated heterocycles. The molecule has 0 radical (unpaired) electrons. The van der Waals surface area contributed by atoms with Crippen LogP contribution < -0.4 is 15.2 Å². The van der Waals surface area contributed by atoms with E-state index < -0.39 is 22.0 Å². The number of carboxylic acids is 1. The van der Waals surface area contributed by atoms with E-state index in [9.17, 15) is 24.8 Å². The lowest BCUT2D eigenvalue weighted by molar-refractivity contribution is -0.384. The number of benzene rings is 2. The number of aromatic nitrogens is 2. The van der Waals surface area contributed by atoms with Crippen LogP contribution in [0.15, 0.2) is 53.3 Å². The van der Waals surface area contributed by atoms with Crippen molar-refractivity contribution in [3.05, 3.63) is 74.6 Å². The highest BCUT2D eigenvalue weighted by atomic mass is 16.6. The third-order valence-corrected chi connectivity index (χ3v) is 5.27. The predicted molar refractivity (Wildman–Crippen MR) is 118 cm³/mol. The average molecular weight is 452 g/mol. The number of carbonyl (C=O) groups is 1. The van der Waals surface area contributed by atoms with Gasteiger partial charge in [0.2, 0.25) is 0 Å². The van der Waals surface area contributed by atoms with Gasteiger partial charge in [-0.05, 0) is 30.3 Å². The molecule has 3 aromatic rings. The lowest BCUT2D eigenvalue weighted by Gasteiger charge is -2.29. The van der Waals surface area contributed by atoms with Crippen molar-refractivity contribution < 1.29 is 24.3 Å². The molecular weight excluding hydrogens is 432 g/mol. The van der Waals surface area contributed by atoms with Gasteiger partial charge in [0, 0.05) is 30.4 Å². The zero-order chi connectivity index (χ0) is 23.5. The van der Waals surface area contributed by atoms with Crippen LogP contribution in [-0.4, -0.2) is 59.2 Å². The van der Waals surface area contributed by atoms with E-state index in [-0.39, 0.29) is 17.1 Å². The Hall–Kier alpha value is -4.25. The number of nitrogens with zero attached hydrogens (tertiary/aromatic N) is 4. The van der Waals surface area contributed by atoms with Crippen LogP contribution >= 0.6 is 0 Å². The van der Waals surface area contributed by atoms with Crippen LogP contribution in [-0.2, 0) is 4.74 Å². The van der Waals surface area contributed by atoms with E-state index in [0.717, 1.165) is 10.7 Å². The highest BCUT2D eigenvalue weighted by Gasteiger charge is 2.24. The topological polar surface area (TPSA) is 137 Å². The smallest absolute Gasteiger partial charge is 0.341 e. The number of morpholine rings is 1. The molecule has 0 unspecified atom stereocenters. The summed E-state index contributed by atoms with van der Waals surface area (Å²) in [7, 11) is 1.48. The lowest BCUT2D eigenvalue weighted by atomic mass is 10.1. The quantitative estimate of drug-likeness (QED) is 0.441. The van der Waals surface area contributed by atoms with E-state index in [4.69, 9.17) is 9.47 Å². The van der Waals surface area contributed by atoms with Crippen molar-refractivity contribution in [2.75, 3.05) is 38.3 Å². The number of hydrogen-bond donors (Lipinski definition) is 1. The van der Waals surface area contributed by atoms with Crippen molar-refractivity contribution in [3.8, 4) is 22.7 Å². The zero-order valence-electron chi connectivity index (χ0n) is 17.6. The van der Waals surface area contributed by atoms with Crippen LogP contribution in [0.2, 0.25) is 0 Å². The summed E-state index contributed by atoms with van der Waals surface area (Å²) in [6, 6.07) is 12.2. The molecule has 0 amide bonds. The third-order valence-electron chi connectivity index (χ3n) is 5.27. The summed E-state index contributed by atoms with van der Waals surface area (Å²) in [5.41, 5.74) is -0.766. The van der Waals surface area contributed by atoms with E-state index in [2.05, 4.69) is 5.10 Å². The molecule has 1 N–H and O–H groups in total. The number of hydrogen-bond acceptors (Lipinski definition) is 8. The molecule has 0 saturated carbocycles. The predicted octanol–water partition coefficient (Wildman–Crippen LogP) is 2.35. The Labute approximate surface area is 187 Å². The SMILES string of the molecule is COc1cccc(-c2cc(C(=O)O)c(=O)n(-c3cc(N4CCOCC4)ccc3[N+](=O)[O-])n2)c1. The second-order valence-electron chi connectivity index (χ2n) is 7.23. The highest BCUT2D eigenvalue weighted by molar-refractivity contribution is 5.88. The summed E-state index contributed by atoms with van der Waals surface area (Å²) >= 11 is 0. The van der Waals surface area contributed by atoms with Gasteiger partial charge < -0.3 is 19.5 Å². The van der Waals surface area contributed by atoms with Crippen molar-refractivity contribution in [1.82, 2.24) is 9.78 Å². The molecule has 2 heterocycles. The van der Waals surface area contributed by atoms with E-state index in [1.54, 1.807) is 30.3 Å². The minimum absolute atomic E-state index is 0.124. The van der Waals surface area contributed by atoms with Crippen LogP contribution in [0.5, 0.6) is 5.75 Å². The summed E-state index contributed by atoms with van der Waals surface area (Å²) in [5, 5.41) is 25.7. The highest BCUT2D eigenvalue weighted by Crippen LogP contribution is 2.29. The van der Waals surface area contributed by atoms with Gasteiger partial charge in [-0.2, -0.15) is 9.78 Å². The molecule has 11 heteroatoms. The average Bonchev–Trinajstić information content (AvgIpc) is 2.84. The number of nitro benzene ring substituents is 1. The Bertz CT molecular complexity index is 1280. The monoisotopic (exact) mass is 452 g/mol. The van der Waals surface area contributed by atoms with Crippen LogP contribution in [0, 0.1) is 10.1 Å². The minimum Gasteiger partial charge on any atom is -0.497 e. The molecule has 1 aliphatic rings. The fraction of sp³-hybridized carbons (Fsp3) is 0.227. The van der Waals surface area contributed by atoms with Crippen molar-refractivity contribution >= 4 is 17.3 Å². The third kappa shape index (κ3) is 4.39. The molecule has 0 atom stereocenters. The molecule has 1 fully saturated rings. The minimum atomic E-state index is -1.47. The molecule has 1 aromatic heterocycles. The number of nitro groups is 1. The van der Waals surface area contributed by atoms with Gasteiger partial charge in [0.1, 0.15) is 17.0 Å². The molecule has 0 bridgehead atoms. The van der Waals surface area contributed by atoms with Gasteiger partial charge in [0.15, 0.2) is 0 Å². The maximum atomic E-state index is 13.0. The molecule has 2 aromatic carbocycles. The fourth-order valence-electron chi connectivity index (χ4n) is 3.59. The maximum Gasteiger partial charge on any atom is 0.341 e. The van der Waals surface area contributed by atoms with Crippen LogP contribution in [0.4, 0.5) is 11.4 Å². The van der Waals surface area contributed by atoms with Crippen LogP contribution in [0.25, 0.3) is 16.9 Å². The first kappa shape index (κ1) is 22.0. The zero-order valence-corrected chi connectivity index (χ0v) is 17.6. The number of methoxy groups -OCH3 is 1. The molecular formula is C22H20N4O7. The van der Waals surface area contributed by atoms with E-state index >= 15 is 0 Å². The van der Waals surface area contributed by atoms with E-state index in [1.165, 1.54) is 19.2 Å². The normalized spacial score (nSPS) is 13.5. The van der Waals surface area contributed by atoms with Gasteiger partial charge in [0.25, 0.3) is 11.2 Å². The van der Waals surface area contributed by atoms with Gasteiger partial charge >= 0.3 is 5.97 Å². The summed E-state index contributed by atoms with van der Waals surface area (Å²) in [4.78, 5) is 37.9. The Morgan fingerprint density at radius 1 is 1.18 bits per heavy atom. The Morgan fingerprint density at radius 3 is 2.61 bits per heavy atom. The van der Waals surface area contributed by atoms with Gasteiger partial charge in [-0.25, -0.2) is 4.79 Å². The molecule has 4 rings (SSSR count). The van der Waals surface area contributed by atoms with Crippen LogP contribution in [0.1, 0.15) is 10.4 Å². The van der Waals surface area contributed by atoms with Crippen molar-refractivity contribution in [3.63, 3.8) is 0 Å². The Morgan fingerprint density at radius 2 is 1.94 bits per heavy atom. The number of aromatic carboxylic acids is 1. The second kappa shape index (κ2) is 9.09. The van der Waals surface area contributed by atoms with Gasteiger partial charge in [-0.15, -0.1) is 0 Å². The number of carboxylic acid groups (broad SMARTS) is 1. The molecule has 11 nitrogen and oxygen atoms in total. The Balaban J connectivity index is 1.95. The molecule has 0 aliphatic carbocycles. The van der Waals surface area contributed by atoms with Gasteiger partial charge in [-0.3, -0.25) is 14.9 Å². The Kier molecular flexibility index (Phi) is 6.05. The largest absolute Gasteiger partial charge is 0.497 e. The van der Waals surface area contributed by atoms with Crippen molar-refractivity contribution in [2.45, 2.75) is 0 Å². The standard InChI is InChI=1S/C22H20N4O7/c1-32-16-4-2-3-14(11-16)18-13-17(22(28)29)21(27)25(23-18)20-12-15(5-6-19(20)26(30)31)24-7-9-33-10-8-24/h2-6,11-13H,7-10H2,1H3,(H,28,29). The molecule has 1 aliphatic heterocycles. The molecule has 0 spiro atoms. The maximum absolute atomic E-state index is 13.0.